The van der Waals surface area contributed by atoms with Crippen molar-refractivity contribution < 1.29 is 18.0 Å². The van der Waals surface area contributed by atoms with Gasteiger partial charge in [-0.3, -0.25) is 9.48 Å². The molecule has 2 aromatic heterocycles. The third-order valence-corrected chi connectivity index (χ3v) is 3.79. The van der Waals surface area contributed by atoms with Crippen molar-refractivity contribution >= 4 is 5.91 Å². The minimum atomic E-state index is -4.33. The molecule has 7 nitrogen and oxygen atoms in total. The lowest BCUT2D eigenvalue weighted by atomic mass is 9.98. The fourth-order valence-corrected chi connectivity index (χ4v) is 2.66. The molecule has 1 aliphatic rings. The Morgan fingerprint density at radius 1 is 1.43 bits per heavy atom. The molecule has 0 aromatic carbocycles. The molecule has 0 radical (unpaired) electrons. The van der Waals surface area contributed by atoms with Gasteiger partial charge in [-0.15, -0.1) is 10.2 Å². The molecule has 0 aliphatic carbocycles. The summed E-state index contributed by atoms with van der Waals surface area (Å²) in [7, 11) is 1.68. The summed E-state index contributed by atoms with van der Waals surface area (Å²) in [6.45, 7) is 0.427. The van der Waals surface area contributed by atoms with Crippen LogP contribution in [0.25, 0.3) is 0 Å². The quantitative estimate of drug-likeness (QED) is 0.923. The second-order valence-corrected chi connectivity index (χ2v) is 5.42. The summed E-state index contributed by atoms with van der Waals surface area (Å²) >= 11 is 0. The van der Waals surface area contributed by atoms with Crippen LogP contribution in [0.15, 0.2) is 12.3 Å². The van der Waals surface area contributed by atoms with Crippen molar-refractivity contribution in [2.24, 2.45) is 7.05 Å². The first-order valence-corrected chi connectivity index (χ1v) is 7.13. The zero-order valence-electron chi connectivity index (χ0n) is 12.3. The van der Waals surface area contributed by atoms with Crippen LogP contribution in [0.3, 0.4) is 0 Å². The number of amides is 1. The Morgan fingerprint density at radius 2 is 2.22 bits per heavy atom. The molecular weight excluding hydrogens is 313 g/mol. The highest BCUT2D eigenvalue weighted by atomic mass is 19.4. The van der Waals surface area contributed by atoms with E-state index in [9.17, 15) is 18.0 Å². The number of hydrogen-bond acceptors (Lipinski definition) is 4. The largest absolute Gasteiger partial charge is 0.398 e. The predicted octanol–water partition coefficient (Wildman–Crippen LogP) is 1.38. The lowest BCUT2D eigenvalue weighted by molar-refractivity contribution is -0.156. The Hall–Kier alpha value is -2.39. The van der Waals surface area contributed by atoms with Crippen molar-refractivity contribution in [2.75, 3.05) is 0 Å². The Morgan fingerprint density at radius 3 is 2.87 bits per heavy atom. The van der Waals surface area contributed by atoms with Crippen LogP contribution in [-0.2, 0) is 20.1 Å². The smallest absolute Gasteiger partial charge is 0.343 e. The third kappa shape index (κ3) is 3.06. The molecule has 0 bridgehead atoms. The summed E-state index contributed by atoms with van der Waals surface area (Å²) in [4.78, 5) is 11.9. The number of aromatic nitrogens is 5. The number of rotatable bonds is 3. The summed E-state index contributed by atoms with van der Waals surface area (Å²) in [6.07, 6.45) is -2.29. The molecule has 1 N–H and O–H groups in total. The van der Waals surface area contributed by atoms with Gasteiger partial charge in [0.25, 0.3) is 5.91 Å². The van der Waals surface area contributed by atoms with E-state index in [2.05, 4.69) is 20.6 Å². The van der Waals surface area contributed by atoms with Crippen LogP contribution >= 0.6 is 0 Å². The van der Waals surface area contributed by atoms with Crippen molar-refractivity contribution in [3.8, 4) is 0 Å². The van der Waals surface area contributed by atoms with Crippen molar-refractivity contribution in [2.45, 2.75) is 38.0 Å². The molecule has 0 saturated carbocycles. The number of aryl methyl sites for hydroxylation is 1. The molecule has 0 spiro atoms. The zero-order chi connectivity index (χ0) is 16.6. The monoisotopic (exact) mass is 328 g/mol. The molecule has 1 unspecified atom stereocenters. The zero-order valence-corrected chi connectivity index (χ0v) is 12.3. The van der Waals surface area contributed by atoms with Gasteiger partial charge in [-0.25, -0.2) is 0 Å². The molecule has 1 amide bonds. The van der Waals surface area contributed by atoms with Crippen molar-refractivity contribution in [1.82, 2.24) is 29.9 Å². The molecule has 3 heterocycles. The fourth-order valence-electron chi connectivity index (χ4n) is 2.66. The van der Waals surface area contributed by atoms with Gasteiger partial charge in [0.15, 0.2) is 5.82 Å². The van der Waals surface area contributed by atoms with Crippen LogP contribution in [0.4, 0.5) is 13.2 Å². The normalized spacial score (nSPS) is 17.8. The molecule has 3 rings (SSSR count). The van der Waals surface area contributed by atoms with Crippen LogP contribution in [0.1, 0.15) is 40.9 Å². The molecule has 0 saturated heterocycles. The number of alkyl halides is 3. The third-order valence-electron chi connectivity index (χ3n) is 3.79. The maximum absolute atomic E-state index is 13.0. The van der Waals surface area contributed by atoms with Gasteiger partial charge in [-0.2, -0.15) is 18.3 Å². The molecule has 1 aliphatic heterocycles. The van der Waals surface area contributed by atoms with Crippen LogP contribution in [0, 0.1) is 0 Å². The maximum Gasteiger partial charge on any atom is 0.398 e. The first kappa shape index (κ1) is 15.5. The van der Waals surface area contributed by atoms with Crippen LogP contribution in [0.5, 0.6) is 0 Å². The second-order valence-electron chi connectivity index (χ2n) is 5.42. The van der Waals surface area contributed by atoms with E-state index in [1.165, 1.54) is 9.25 Å². The summed E-state index contributed by atoms with van der Waals surface area (Å²) in [5, 5.41) is 14.0. The van der Waals surface area contributed by atoms with Crippen molar-refractivity contribution in [3.63, 3.8) is 0 Å². The highest BCUT2D eigenvalue weighted by Gasteiger charge is 2.45. The standard InChI is InChI=1S/C13H15F3N6O/c1-21-6-4-9(20-21)12(23)17-7-10-18-19-11-8(13(14,15)16)3-2-5-22(10)11/h4,6,8H,2-3,5,7H2,1H3,(H,17,23). The molecule has 23 heavy (non-hydrogen) atoms. The van der Waals surface area contributed by atoms with Gasteiger partial charge >= 0.3 is 6.18 Å². The van der Waals surface area contributed by atoms with Gasteiger partial charge in [-0.1, -0.05) is 0 Å². The number of fused-ring (bicyclic) bond motifs is 1. The van der Waals surface area contributed by atoms with Gasteiger partial charge in [0.05, 0.1) is 6.54 Å². The highest BCUT2D eigenvalue weighted by molar-refractivity contribution is 5.91. The van der Waals surface area contributed by atoms with Gasteiger partial charge in [0.2, 0.25) is 0 Å². The summed E-state index contributed by atoms with van der Waals surface area (Å²) in [5.41, 5.74) is 0.235. The van der Waals surface area contributed by atoms with Crippen LogP contribution in [0.2, 0.25) is 0 Å². The average Bonchev–Trinajstić information content (AvgIpc) is 3.09. The Bertz CT molecular complexity index is 720. The second kappa shape index (κ2) is 5.67. The minimum absolute atomic E-state index is 0.00693. The lowest BCUT2D eigenvalue weighted by Crippen LogP contribution is -2.30. The molecule has 2 aromatic rings. The Labute approximate surface area is 129 Å². The van der Waals surface area contributed by atoms with Crippen molar-refractivity contribution in [3.05, 3.63) is 29.6 Å². The predicted molar refractivity (Wildman–Crippen MR) is 72.4 cm³/mol. The van der Waals surface area contributed by atoms with E-state index >= 15 is 0 Å². The van der Waals surface area contributed by atoms with E-state index in [1.807, 2.05) is 0 Å². The van der Waals surface area contributed by atoms with E-state index in [0.717, 1.165) is 0 Å². The number of carbonyl (C=O) groups excluding carboxylic acids is 1. The first-order valence-electron chi connectivity index (χ1n) is 7.13. The SMILES string of the molecule is Cn1ccc(C(=O)NCc2nnc3n2CCCC3C(F)(F)F)n1. The topological polar surface area (TPSA) is 77.6 Å². The Kier molecular flexibility index (Phi) is 3.82. The molecule has 124 valence electrons. The molecular formula is C13H15F3N6O. The van der Waals surface area contributed by atoms with E-state index < -0.39 is 18.0 Å². The number of carbonyl (C=O) groups is 1. The first-order chi connectivity index (χ1) is 10.9. The van der Waals surface area contributed by atoms with Gasteiger partial charge < -0.3 is 9.88 Å². The number of nitrogens with zero attached hydrogens (tertiary/aromatic N) is 5. The van der Waals surface area contributed by atoms with Crippen molar-refractivity contribution in [1.29, 1.82) is 0 Å². The van der Waals surface area contributed by atoms with Crippen LogP contribution in [-0.4, -0.2) is 36.6 Å². The fraction of sp³-hybridized carbons (Fsp3) is 0.538. The highest BCUT2D eigenvalue weighted by Crippen LogP contribution is 2.40. The van der Waals surface area contributed by atoms with E-state index in [0.29, 0.717) is 18.8 Å². The van der Waals surface area contributed by atoms with Gasteiger partial charge in [-0.05, 0) is 18.9 Å². The number of nitrogens with one attached hydrogen (secondary N) is 1. The molecule has 1 atom stereocenters. The number of hydrogen-bond donors (Lipinski definition) is 1. The van der Waals surface area contributed by atoms with E-state index in [1.54, 1.807) is 19.3 Å². The van der Waals surface area contributed by atoms with Gasteiger partial charge in [0.1, 0.15) is 17.4 Å². The summed E-state index contributed by atoms with van der Waals surface area (Å²) in [5.74, 6) is -1.76. The summed E-state index contributed by atoms with van der Waals surface area (Å²) in [6, 6.07) is 1.55. The molecule has 10 heteroatoms. The maximum atomic E-state index is 13.0. The minimum Gasteiger partial charge on any atom is -0.343 e. The number of halogens is 3. The Balaban J connectivity index is 1.73. The van der Waals surface area contributed by atoms with E-state index in [-0.39, 0.29) is 24.5 Å². The van der Waals surface area contributed by atoms with Crippen LogP contribution < -0.4 is 5.32 Å². The molecule has 0 fully saturated rings. The lowest BCUT2D eigenvalue weighted by Gasteiger charge is -2.25. The average molecular weight is 328 g/mol. The van der Waals surface area contributed by atoms with E-state index in [4.69, 9.17) is 0 Å². The summed E-state index contributed by atoms with van der Waals surface area (Å²) < 4.78 is 41.9. The van der Waals surface area contributed by atoms with Gasteiger partial charge in [0, 0.05) is 19.8 Å².